The van der Waals surface area contributed by atoms with E-state index in [2.05, 4.69) is 9.97 Å². The van der Waals surface area contributed by atoms with Crippen molar-refractivity contribution in [2.24, 2.45) is 5.92 Å². The van der Waals surface area contributed by atoms with Crippen LogP contribution in [0.25, 0.3) is 11.0 Å². The highest BCUT2D eigenvalue weighted by atomic mass is 16.6. The van der Waals surface area contributed by atoms with Crippen LogP contribution in [-0.4, -0.2) is 32.7 Å². The van der Waals surface area contributed by atoms with Crippen LogP contribution in [-0.2, 0) is 9.53 Å². The molecule has 0 bridgehead atoms. The number of imidazole rings is 1. The van der Waals surface area contributed by atoms with Gasteiger partial charge in [-0.3, -0.25) is 4.79 Å². The average molecular weight is 302 g/mol. The molecular formula is C17H22N2O3. The SMILES string of the molecule is CC(C)(C)OC(=O)C1C[C@H](O)C[C@H]1c1nc2ccccc2[nH]1. The van der Waals surface area contributed by atoms with Crippen molar-refractivity contribution in [2.45, 2.75) is 51.2 Å². The lowest BCUT2D eigenvalue weighted by Crippen LogP contribution is -2.30. The number of aromatic amines is 1. The molecule has 1 aromatic carbocycles. The van der Waals surface area contributed by atoms with E-state index in [1.54, 1.807) is 0 Å². The van der Waals surface area contributed by atoms with Crippen LogP contribution in [0.2, 0.25) is 0 Å². The minimum atomic E-state index is -0.525. The summed E-state index contributed by atoms with van der Waals surface area (Å²) in [6.07, 6.45) is 0.469. The van der Waals surface area contributed by atoms with Gasteiger partial charge >= 0.3 is 5.97 Å². The second kappa shape index (κ2) is 5.39. The van der Waals surface area contributed by atoms with E-state index < -0.39 is 11.7 Å². The summed E-state index contributed by atoms with van der Waals surface area (Å²) in [5.41, 5.74) is 1.30. The van der Waals surface area contributed by atoms with Gasteiger partial charge in [-0.2, -0.15) is 0 Å². The highest BCUT2D eigenvalue weighted by molar-refractivity contribution is 5.77. The second-order valence-corrected chi connectivity index (χ2v) is 7.01. The van der Waals surface area contributed by atoms with Crippen LogP contribution in [0, 0.1) is 5.92 Å². The summed E-state index contributed by atoms with van der Waals surface area (Å²) >= 11 is 0. The summed E-state index contributed by atoms with van der Waals surface area (Å²) in [5.74, 6) is 0.0233. The normalized spacial score (nSPS) is 25.5. The van der Waals surface area contributed by atoms with E-state index in [9.17, 15) is 9.90 Å². The third-order valence-corrected chi connectivity index (χ3v) is 4.01. The number of para-hydroxylation sites is 2. The van der Waals surface area contributed by atoms with Crippen LogP contribution >= 0.6 is 0 Å². The van der Waals surface area contributed by atoms with Crippen molar-refractivity contribution >= 4 is 17.0 Å². The lowest BCUT2D eigenvalue weighted by atomic mass is 9.95. The number of aromatic nitrogens is 2. The molecule has 3 atom stereocenters. The van der Waals surface area contributed by atoms with Crippen molar-refractivity contribution < 1.29 is 14.6 Å². The summed E-state index contributed by atoms with van der Waals surface area (Å²) in [7, 11) is 0. The van der Waals surface area contributed by atoms with Gasteiger partial charge in [0.15, 0.2) is 0 Å². The number of hydrogen-bond acceptors (Lipinski definition) is 4. The molecule has 1 saturated carbocycles. The Labute approximate surface area is 129 Å². The smallest absolute Gasteiger partial charge is 0.310 e. The summed E-state index contributed by atoms with van der Waals surface area (Å²) in [6.45, 7) is 5.56. The maximum Gasteiger partial charge on any atom is 0.310 e. The molecule has 2 N–H and O–H groups in total. The van der Waals surface area contributed by atoms with E-state index >= 15 is 0 Å². The van der Waals surface area contributed by atoms with E-state index in [-0.39, 0.29) is 17.8 Å². The topological polar surface area (TPSA) is 75.2 Å². The largest absolute Gasteiger partial charge is 0.460 e. The number of hydrogen-bond donors (Lipinski definition) is 2. The number of carbonyl (C=O) groups excluding carboxylic acids is 1. The third kappa shape index (κ3) is 2.99. The molecule has 5 nitrogen and oxygen atoms in total. The van der Waals surface area contributed by atoms with E-state index in [4.69, 9.17) is 4.74 Å². The number of carbonyl (C=O) groups is 1. The Morgan fingerprint density at radius 3 is 2.73 bits per heavy atom. The molecule has 1 aromatic heterocycles. The van der Waals surface area contributed by atoms with Crippen molar-refractivity contribution in [3.05, 3.63) is 30.1 Å². The van der Waals surface area contributed by atoms with Crippen molar-refractivity contribution in [3.63, 3.8) is 0 Å². The lowest BCUT2D eigenvalue weighted by molar-refractivity contribution is -0.160. The first kappa shape index (κ1) is 15.0. The average Bonchev–Trinajstić information content (AvgIpc) is 2.99. The first-order chi connectivity index (χ1) is 10.3. The first-order valence-electron chi connectivity index (χ1n) is 7.69. The quantitative estimate of drug-likeness (QED) is 0.836. The van der Waals surface area contributed by atoms with Gasteiger partial charge in [-0.05, 0) is 45.7 Å². The minimum Gasteiger partial charge on any atom is -0.460 e. The van der Waals surface area contributed by atoms with Gasteiger partial charge in [-0.15, -0.1) is 0 Å². The highest BCUT2D eigenvalue weighted by Gasteiger charge is 2.42. The van der Waals surface area contributed by atoms with E-state index in [0.717, 1.165) is 16.9 Å². The number of nitrogens with zero attached hydrogens (tertiary/aromatic N) is 1. The molecule has 118 valence electrons. The number of H-pyrrole nitrogens is 1. The molecule has 0 spiro atoms. The molecule has 22 heavy (non-hydrogen) atoms. The van der Waals surface area contributed by atoms with Crippen molar-refractivity contribution in [1.29, 1.82) is 0 Å². The number of nitrogens with one attached hydrogen (secondary N) is 1. The fourth-order valence-corrected chi connectivity index (χ4v) is 3.10. The van der Waals surface area contributed by atoms with E-state index in [1.165, 1.54) is 0 Å². The number of benzene rings is 1. The Morgan fingerprint density at radius 1 is 1.32 bits per heavy atom. The van der Waals surface area contributed by atoms with Crippen LogP contribution in [0.5, 0.6) is 0 Å². The molecule has 0 saturated heterocycles. The summed E-state index contributed by atoms with van der Waals surface area (Å²) in [4.78, 5) is 20.3. The van der Waals surface area contributed by atoms with Crippen LogP contribution in [0.4, 0.5) is 0 Å². The highest BCUT2D eigenvalue weighted by Crippen LogP contribution is 2.40. The van der Waals surface area contributed by atoms with Gasteiger partial charge in [0.25, 0.3) is 0 Å². The Hall–Kier alpha value is -1.88. The van der Waals surface area contributed by atoms with Gasteiger partial charge in [-0.25, -0.2) is 4.98 Å². The number of rotatable bonds is 2. The number of aliphatic hydroxyl groups excluding tert-OH is 1. The maximum absolute atomic E-state index is 12.4. The molecule has 0 amide bonds. The zero-order valence-corrected chi connectivity index (χ0v) is 13.2. The molecule has 5 heteroatoms. The molecule has 0 aliphatic heterocycles. The molecular weight excluding hydrogens is 280 g/mol. The molecule has 0 radical (unpaired) electrons. The van der Waals surface area contributed by atoms with Crippen molar-refractivity contribution in [1.82, 2.24) is 9.97 Å². The standard InChI is InChI=1S/C17H22N2O3/c1-17(2,3)22-16(21)12-9-10(20)8-11(12)15-18-13-6-4-5-7-14(13)19-15/h4-7,10-12,20H,8-9H2,1-3H3,(H,18,19)/t10-,11-,12?/m1/s1. The second-order valence-electron chi connectivity index (χ2n) is 7.01. The number of ether oxygens (including phenoxy) is 1. The fourth-order valence-electron chi connectivity index (χ4n) is 3.10. The van der Waals surface area contributed by atoms with Crippen LogP contribution in [0.1, 0.15) is 45.4 Å². The molecule has 1 unspecified atom stereocenters. The van der Waals surface area contributed by atoms with Gasteiger partial charge in [0, 0.05) is 5.92 Å². The Bertz CT molecular complexity index is 654. The molecule has 1 fully saturated rings. The number of fused-ring (bicyclic) bond motifs is 1. The Balaban J connectivity index is 1.88. The molecule has 2 aromatic rings. The minimum absolute atomic E-state index is 0.128. The zero-order valence-electron chi connectivity index (χ0n) is 13.2. The van der Waals surface area contributed by atoms with E-state index in [0.29, 0.717) is 12.8 Å². The van der Waals surface area contributed by atoms with E-state index in [1.807, 2.05) is 45.0 Å². The lowest BCUT2D eigenvalue weighted by Gasteiger charge is -2.24. The molecule has 3 rings (SSSR count). The first-order valence-corrected chi connectivity index (χ1v) is 7.69. The van der Waals surface area contributed by atoms with Gasteiger partial charge < -0.3 is 14.8 Å². The van der Waals surface area contributed by atoms with Crippen LogP contribution in [0.3, 0.4) is 0 Å². The van der Waals surface area contributed by atoms with Crippen LogP contribution in [0.15, 0.2) is 24.3 Å². The van der Waals surface area contributed by atoms with Gasteiger partial charge in [-0.1, -0.05) is 12.1 Å². The Morgan fingerprint density at radius 2 is 2.05 bits per heavy atom. The van der Waals surface area contributed by atoms with Gasteiger partial charge in [0.1, 0.15) is 11.4 Å². The summed E-state index contributed by atoms with van der Waals surface area (Å²) < 4.78 is 5.50. The maximum atomic E-state index is 12.4. The van der Waals surface area contributed by atoms with Crippen molar-refractivity contribution in [3.8, 4) is 0 Å². The summed E-state index contributed by atoms with van der Waals surface area (Å²) in [6, 6.07) is 7.77. The number of esters is 1. The zero-order chi connectivity index (χ0) is 15.9. The van der Waals surface area contributed by atoms with Crippen LogP contribution < -0.4 is 0 Å². The predicted molar refractivity (Wildman–Crippen MR) is 83.4 cm³/mol. The monoisotopic (exact) mass is 302 g/mol. The van der Waals surface area contributed by atoms with Gasteiger partial charge in [0.05, 0.1) is 23.1 Å². The molecule has 1 heterocycles. The van der Waals surface area contributed by atoms with Gasteiger partial charge in [0.2, 0.25) is 0 Å². The van der Waals surface area contributed by atoms with Crippen molar-refractivity contribution in [2.75, 3.05) is 0 Å². The summed E-state index contributed by atoms with van der Waals surface area (Å²) in [5, 5.41) is 10.0. The third-order valence-electron chi connectivity index (χ3n) is 4.01. The number of aliphatic hydroxyl groups is 1. The predicted octanol–water partition coefficient (Wildman–Crippen LogP) is 2.76. The molecule has 1 aliphatic rings. The Kier molecular flexibility index (Phi) is 3.68. The fraction of sp³-hybridized carbons (Fsp3) is 0.529. The molecule has 1 aliphatic carbocycles.